The van der Waals surface area contributed by atoms with Crippen molar-refractivity contribution in [1.82, 2.24) is 0 Å². The highest BCUT2D eigenvalue weighted by Gasteiger charge is 2.41. The van der Waals surface area contributed by atoms with Gasteiger partial charge in [0, 0.05) is 6.92 Å². The molecule has 1 aliphatic carbocycles. The normalized spacial score (nSPS) is 23.8. The van der Waals surface area contributed by atoms with Crippen LogP contribution in [0.5, 0.6) is 0 Å². The number of allylic oxidation sites excluding steroid dienone is 1. The number of nitriles is 1. The highest BCUT2D eigenvalue weighted by atomic mass is 32.2. The second kappa shape index (κ2) is 6.21. The smallest absolute Gasteiger partial charge is 0.302 e. The summed E-state index contributed by atoms with van der Waals surface area (Å²) in [6.45, 7) is 3.08. The van der Waals surface area contributed by atoms with E-state index in [0.29, 0.717) is 10.8 Å². The lowest BCUT2D eigenvalue weighted by Crippen LogP contribution is -2.31. The van der Waals surface area contributed by atoms with Crippen LogP contribution < -0.4 is 0 Å². The summed E-state index contributed by atoms with van der Waals surface area (Å²) in [5.74, 6) is -0.376. The number of rotatable bonds is 3. The minimum atomic E-state index is -0.753. The van der Waals surface area contributed by atoms with Crippen LogP contribution in [0.15, 0.2) is 11.0 Å². The SMILES string of the molecule is COC(=S)SC1=CC(C#N)(C(C)OC(C)=O)CC1. The number of hydrogen-bond acceptors (Lipinski definition) is 6. The average Bonchev–Trinajstić information content (AvgIpc) is 2.72. The van der Waals surface area contributed by atoms with Crippen LogP contribution in [0, 0.1) is 16.7 Å². The first-order chi connectivity index (χ1) is 8.43. The molecule has 0 fully saturated rings. The van der Waals surface area contributed by atoms with Gasteiger partial charge in [0.25, 0.3) is 0 Å². The van der Waals surface area contributed by atoms with Crippen LogP contribution in [-0.4, -0.2) is 23.6 Å². The molecule has 0 heterocycles. The Bertz CT molecular complexity index is 428. The van der Waals surface area contributed by atoms with E-state index in [4.69, 9.17) is 21.7 Å². The van der Waals surface area contributed by atoms with Gasteiger partial charge in [-0.15, -0.1) is 0 Å². The molecule has 6 heteroatoms. The maximum Gasteiger partial charge on any atom is 0.302 e. The monoisotopic (exact) mass is 285 g/mol. The number of esters is 1. The molecule has 1 aliphatic rings. The topological polar surface area (TPSA) is 59.3 Å². The molecule has 0 aliphatic heterocycles. The average molecular weight is 285 g/mol. The molecule has 0 aromatic rings. The summed E-state index contributed by atoms with van der Waals surface area (Å²) in [6, 6.07) is 2.25. The molecule has 18 heavy (non-hydrogen) atoms. The molecule has 2 atom stereocenters. The molecule has 1 rings (SSSR count). The predicted molar refractivity (Wildman–Crippen MR) is 73.8 cm³/mol. The van der Waals surface area contributed by atoms with E-state index < -0.39 is 11.5 Å². The largest absolute Gasteiger partial charge is 0.482 e. The third-order valence-corrected chi connectivity index (χ3v) is 4.20. The van der Waals surface area contributed by atoms with Crippen molar-refractivity contribution in [2.24, 2.45) is 5.41 Å². The lowest BCUT2D eigenvalue weighted by atomic mass is 9.84. The number of ether oxygens (including phenoxy) is 2. The number of nitrogens with zero attached hydrogens (tertiary/aromatic N) is 1. The van der Waals surface area contributed by atoms with E-state index >= 15 is 0 Å². The van der Waals surface area contributed by atoms with Crippen LogP contribution in [0.4, 0.5) is 0 Å². The molecule has 0 aromatic heterocycles. The Labute approximate surface area is 116 Å². The fraction of sp³-hybridized carbons (Fsp3) is 0.583. The fourth-order valence-corrected chi connectivity index (χ4v) is 2.94. The highest BCUT2D eigenvalue weighted by Crippen LogP contribution is 2.44. The Kier molecular flexibility index (Phi) is 5.17. The molecule has 0 saturated carbocycles. The van der Waals surface area contributed by atoms with Gasteiger partial charge in [-0.1, -0.05) is 6.08 Å². The standard InChI is InChI=1S/C12H15NO3S2/c1-8(16-9(2)14)12(7-13)5-4-10(6-12)18-11(17)15-3/h6,8H,4-5H2,1-3H3. The van der Waals surface area contributed by atoms with E-state index in [1.807, 2.05) is 6.08 Å². The van der Waals surface area contributed by atoms with Crippen LogP contribution in [0.25, 0.3) is 0 Å². The minimum absolute atomic E-state index is 0.376. The van der Waals surface area contributed by atoms with Crippen molar-refractivity contribution in [2.45, 2.75) is 32.8 Å². The zero-order chi connectivity index (χ0) is 13.8. The summed E-state index contributed by atoms with van der Waals surface area (Å²) in [7, 11) is 1.52. The molecule has 0 radical (unpaired) electrons. The van der Waals surface area contributed by atoms with Crippen molar-refractivity contribution in [1.29, 1.82) is 5.26 Å². The molecule has 0 bridgehead atoms. The van der Waals surface area contributed by atoms with Gasteiger partial charge in [0.05, 0.1) is 13.2 Å². The highest BCUT2D eigenvalue weighted by molar-refractivity contribution is 8.25. The van der Waals surface area contributed by atoms with Gasteiger partial charge in [0.2, 0.25) is 4.38 Å². The molecule has 0 spiro atoms. The second-order valence-electron chi connectivity index (χ2n) is 4.07. The van der Waals surface area contributed by atoms with Crippen molar-refractivity contribution in [2.75, 3.05) is 7.11 Å². The third-order valence-electron chi connectivity index (χ3n) is 2.86. The van der Waals surface area contributed by atoms with E-state index in [9.17, 15) is 10.1 Å². The van der Waals surface area contributed by atoms with Gasteiger partial charge in [-0.3, -0.25) is 4.79 Å². The molecular formula is C12H15NO3S2. The number of hydrogen-bond donors (Lipinski definition) is 0. The third kappa shape index (κ3) is 3.47. The Morgan fingerprint density at radius 1 is 1.72 bits per heavy atom. The van der Waals surface area contributed by atoms with Gasteiger partial charge in [-0.25, -0.2) is 0 Å². The zero-order valence-electron chi connectivity index (χ0n) is 10.6. The Hall–Kier alpha value is -1.06. The Morgan fingerprint density at radius 2 is 2.39 bits per heavy atom. The van der Waals surface area contributed by atoms with Crippen LogP contribution >= 0.6 is 24.0 Å². The van der Waals surface area contributed by atoms with Gasteiger partial charge < -0.3 is 9.47 Å². The van der Waals surface area contributed by atoms with Crippen LogP contribution in [0.3, 0.4) is 0 Å². The molecule has 2 unspecified atom stereocenters. The van der Waals surface area contributed by atoms with Crippen molar-refractivity contribution in [3.8, 4) is 6.07 Å². The van der Waals surface area contributed by atoms with E-state index in [-0.39, 0.29) is 5.97 Å². The van der Waals surface area contributed by atoms with Crippen LogP contribution in [0.1, 0.15) is 26.7 Å². The summed E-state index contributed by atoms with van der Waals surface area (Å²) in [6.07, 6.45) is 2.76. The summed E-state index contributed by atoms with van der Waals surface area (Å²) in [5, 5.41) is 9.35. The van der Waals surface area contributed by atoms with Gasteiger partial charge in [-0.05, 0) is 48.7 Å². The molecule has 0 amide bonds. The summed E-state index contributed by atoms with van der Waals surface area (Å²) >= 11 is 6.31. The van der Waals surface area contributed by atoms with Gasteiger partial charge >= 0.3 is 5.97 Å². The number of carbonyl (C=O) groups is 1. The van der Waals surface area contributed by atoms with Crippen molar-refractivity contribution >= 4 is 34.3 Å². The fourth-order valence-electron chi connectivity index (χ4n) is 1.84. The van der Waals surface area contributed by atoms with Crippen molar-refractivity contribution in [3.05, 3.63) is 11.0 Å². The number of thiocarbonyl (C=S) groups is 1. The second-order valence-corrected chi connectivity index (χ2v) is 5.80. The predicted octanol–water partition coefficient (Wildman–Crippen LogP) is 2.79. The van der Waals surface area contributed by atoms with E-state index in [1.54, 1.807) is 6.92 Å². The molecule has 0 aromatic carbocycles. The lowest BCUT2D eigenvalue weighted by molar-refractivity contribution is -0.148. The zero-order valence-corrected chi connectivity index (χ0v) is 12.2. The first kappa shape index (κ1) is 15.0. The van der Waals surface area contributed by atoms with Crippen molar-refractivity contribution in [3.63, 3.8) is 0 Å². The Morgan fingerprint density at radius 3 is 2.89 bits per heavy atom. The Balaban J connectivity index is 2.82. The maximum atomic E-state index is 11.0. The first-order valence-corrected chi connectivity index (χ1v) is 6.72. The van der Waals surface area contributed by atoms with E-state index in [2.05, 4.69) is 6.07 Å². The first-order valence-electron chi connectivity index (χ1n) is 5.49. The van der Waals surface area contributed by atoms with Crippen molar-refractivity contribution < 1.29 is 14.3 Å². The van der Waals surface area contributed by atoms with E-state index in [1.165, 1.54) is 25.8 Å². The van der Waals surface area contributed by atoms with E-state index in [0.717, 1.165) is 11.3 Å². The molecular weight excluding hydrogens is 270 g/mol. The number of carbonyl (C=O) groups excluding carboxylic acids is 1. The van der Waals surface area contributed by atoms with Gasteiger partial charge in [-0.2, -0.15) is 5.26 Å². The quantitative estimate of drug-likeness (QED) is 0.587. The molecule has 4 nitrogen and oxygen atoms in total. The minimum Gasteiger partial charge on any atom is -0.482 e. The maximum absolute atomic E-state index is 11.0. The number of thioether (sulfide) groups is 1. The van der Waals surface area contributed by atoms with Gasteiger partial charge in [0.1, 0.15) is 11.5 Å². The summed E-state index contributed by atoms with van der Waals surface area (Å²) < 4.78 is 10.5. The number of methoxy groups -OCH3 is 1. The molecule has 0 saturated heterocycles. The molecule has 0 N–H and O–H groups in total. The van der Waals surface area contributed by atoms with Crippen LogP contribution in [0.2, 0.25) is 0 Å². The summed E-state index contributed by atoms with van der Waals surface area (Å²) in [4.78, 5) is 12.0. The summed E-state index contributed by atoms with van der Waals surface area (Å²) in [5.41, 5.74) is -0.753. The lowest BCUT2D eigenvalue weighted by Gasteiger charge is -2.25. The van der Waals surface area contributed by atoms with Gasteiger partial charge in [0.15, 0.2) is 0 Å². The van der Waals surface area contributed by atoms with Crippen LogP contribution in [-0.2, 0) is 14.3 Å². The molecule has 98 valence electrons.